The molecule has 0 fully saturated rings. The van der Waals surface area contributed by atoms with Crippen molar-refractivity contribution in [3.05, 3.63) is 54.1 Å². The van der Waals surface area contributed by atoms with Gasteiger partial charge in [0.1, 0.15) is 23.7 Å². The second-order valence-electron chi connectivity index (χ2n) is 6.57. The smallest absolute Gasteiger partial charge is 0.322 e. The summed E-state index contributed by atoms with van der Waals surface area (Å²) >= 11 is 0. The molecule has 5 heteroatoms. The fraction of sp³-hybridized carbons (Fsp3) is 0.300. The first-order chi connectivity index (χ1) is 11.8. The Morgan fingerprint density at radius 3 is 1.56 bits per heavy atom. The Morgan fingerprint density at radius 2 is 1.16 bits per heavy atom. The Bertz CT molecular complexity index is 724. The Morgan fingerprint density at radius 1 is 0.760 bits per heavy atom. The van der Waals surface area contributed by atoms with Gasteiger partial charge in [0, 0.05) is 0 Å². The van der Waals surface area contributed by atoms with E-state index in [2.05, 4.69) is 20.8 Å². The molecule has 5 nitrogen and oxygen atoms in total. The molecular weight excluding hydrogens is 320 g/mol. The van der Waals surface area contributed by atoms with Gasteiger partial charge < -0.3 is 14.2 Å². The molecule has 0 N–H and O–H groups in total. The maximum absolute atomic E-state index is 11.9. The van der Waals surface area contributed by atoms with E-state index in [4.69, 9.17) is 14.2 Å². The van der Waals surface area contributed by atoms with Crippen LogP contribution in [0.25, 0.3) is 0 Å². The summed E-state index contributed by atoms with van der Waals surface area (Å²) in [6.45, 7) is 6.30. The average molecular weight is 342 g/mol. The van der Waals surface area contributed by atoms with Gasteiger partial charge in [0.15, 0.2) is 0 Å². The van der Waals surface area contributed by atoms with Crippen molar-refractivity contribution >= 4 is 11.9 Å². The van der Waals surface area contributed by atoms with Crippen molar-refractivity contribution in [2.75, 3.05) is 7.11 Å². The molecule has 0 aliphatic carbocycles. The number of hydrogen-bond acceptors (Lipinski definition) is 5. The number of carbonyl (C=O) groups excluding carboxylic acids is 2. The third kappa shape index (κ3) is 5.64. The van der Waals surface area contributed by atoms with Gasteiger partial charge in [-0.3, -0.25) is 9.59 Å². The van der Waals surface area contributed by atoms with Gasteiger partial charge in [-0.15, -0.1) is 0 Å². The number of benzene rings is 2. The van der Waals surface area contributed by atoms with Crippen LogP contribution in [0.3, 0.4) is 0 Å². The molecule has 0 unspecified atom stereocenters. The van der Waals surface area contributed by atoms with Crippen molar-refractivity contribution in [1.29, 1.82) is 0 Å². The van der Waals surface area contributed by atoms with Crippen molar-refractivity contribution in [3.63, 3.8) is 0 Å². The van der Waals surface area contributed by atoms with E-state index >= 15 is 0 Å². The molecule has 2 aromatic carbocycles. The highest BCUT2D eigenvalue weighted by molar-refractivity contribution is 5.93. The lowest BCUT2D eigenvalue weighted by atomic mass is 9.87. The fourth-order valence-electron chi connectivity index (χ4n) is 2.12. The highest BCUT2D eigenvalue weighted by Crippen LogP contribution is 2.24. The van der Waals surface area contributed by atoms with Gasteiger partial charge >= 0.3 is 11.9 Å². The van der Waals surface area contributed by atoms with E-state index in [0.29, 0.717) is 17.2 Å². The Balaban J connectivity index is 1.87. The summed E-state index contributed by atoms with van der Waals surface area (Å²) in [5.41, 5.74) is 1.15. The molecule has 25 heavy (non-hydrogen) atoms. The van der Waals surface area contributed by atoms with Crippen molar-refractivity contribution in [3.8, 4) is 17.2 Å². The molecule has 0 aromatic heterocycles. The molecule has 2 aromatic rings. The van der Waals surface area contributed by atoms with Gasteiger partial charge in [-0.05, 0) is 47.4 Å². The average Bonchev–Trinajstić information content (AvgIpc) is 2.55. The molecule has 0 bridgehead atoms. The highest BCUT2D eigenvalue weighted by atomic mass is 16.6. The highest BCUT2D eigenvalue weighted by Gasteiger charge is 2.16. The first-order valence-electron chi connectivity index (χ1n) is 7.94. The Kier molecular flexibility index (Phi) is 5.80. The second-order valence-corrected chi connectivity index (χ2v) is 6.57. The molecule has 0 saturated carbocycles. The van der Waals surface area contributed by atoms with Crippen molar-refractivity contribution in [2.24, 2.45) is 0 Å². The first-order valence-corrected chi connectivity index (χ1v) is 7.94. The zero-order valence-electron chi connectivity index (χ0n) is 14.9. The summed E-state index contributed by atoms with van der Waals surface area (Å²) < 4.78 is 15.3. The lowest BCUT2D eigenvalue weighted by Crippen LogP contribution is -2.18. The van der Waals surface area contributed by atoms with E-state index in [0.717, 1.165) is 5.56 Å². The summed E-state index contributed by atoms with van der Waals surface area (Å²) in [4.78, 5) is 23.7. The van der Waals surface area contributed by atoms with Gasteiger partial charge in [-0.2, -0.15) is 0 Å². The molecule has 0 atom stereocenters. The summed E-state index contributed by atoms with van der Waals surface area (Å²) in [6.07, 6.45) is -0.465. The van der Waals surface area contributed by atoms with Crippen LogP contribution in [-0.4, -0.2) is 19.0 Å². The standard InChI is InChI=1S/C20H22O5/c1-20(2,3)14-5-7-16(8-6-14)24-18(21)13-19(22)25-17-11-9-15(23-4)10-12-17/h5-12H,13H2,1-4H3. The predicted molar refractivity (Wildman–Crippen MR) is 94.0 cm³/mol. The number of ether oxygens (including phenoxy) is 3. The molecule has 132 valence electrons. The van der Waals surface area contributed by atoms with Crippen molar-refractivity contribution in [1.82, 2.24) is 0 Å². The number of esters is 2. The monoisotopic (exact) mass is 342 g/mol. The summed E-state index contributed by atoms with van der Waals surface area (Å²) in [6, 6.07) is 13.7. The molecule has 0 amide bonds. The molecular formula is C20H22O5. The number of carbonyl (C=O) groups is 2. The molecule has 0 saturated heterocycles. The minimum atomic E-state index is -0.679. The lowest BCUT2D eigenvalue weighted by molar-refractivity contribution is -0.144. The van der Waals surface area contributed by atoms with Crippen LogP contribution < -0.4 is 14.2 Å². The van der Waals surface area contributed by atoms with Crippen LogP contribution in [0.2, 0.25) is 0 Å². The van der Waals surface area contributed by atoms with E-state index < -0.39 is 18.4 Å². The summed E-state index contributed by atoms with van der Waals surface area (Å²) in [5, 5.41) is 0. The van der Waals surface area contributed by atoms with E-state index in [1.807, 2.05) is 12.1 Å². The SMILES string of the molecule is COc1ccc(OC(=O)CC(=O)Oc2ccc(C(C)(C)C)cc2)cc1. The zero-order valence-corrected chi connectivity index (χ0v) is 14.9. The summed E-state index contributed by atoms with van der Waals surface area (Å²) in [5.74, 6) is 0.0461. The first kappa shape index (κ1) is 18.5. The molecule has 0 heterocycles. The Hall–Kier alpha value is -2.82. The third-order valence-corrected chi connectivity index (χ3v) is 3.53. The minimum Gasteiger partial charge on any atom is -0.497 e. The number of rotatable bonds is 5. The van der Waals surface area contributed by atoms with Gasteiger partial charge in [0.25, 0.3) is 0 Å². The fourth-order valence-corrected chi connectivity index (χ4v) is 2.12. The van der Waals surface area contributed by atoms with Gasteiger partial charge in [0.05, 0.1) is 7.11 Å². The van der Waals surface area contributed by atoms with E-state index in [1.165, 1.54) is 0 Å². The third-order valence-electron chi connectivity index (χ3n) is 3.53. The second kappa shape index (κ2) is 7.83. The van der Waals surface area contributed by atoms with Crippen LogP contribution in [0, 0.1) is 0 Å². The Labute approximate surface area is 147 Å². The van der Waals surface area contributed by atoms with Crippen molar-refractivity contribution in [2.45, 2.75) is 32.6 Å². The zero-order chi connectivity index (χ0) is 18.4. The number of hydrogen-bond donors (Lipinski definition) is 0. The van der Waals surface area contributed by atoms with E-state index in [1.54, 1.807) is 43.5 Å². The minimum absolute atomic E-state index is 0.0186. The maximum atomic E-state index is 11.9. The van der Waals surface area contributed by atoms with Crippen molar-refractivity contribution < 1.29 is 23.8 Å². The maximum Gasteiger partial charge on any atom is 0.322 e. The summed E-state index contributed by atoms with van der Waals surface area (Å²) in [7, 11) is 1.55. The van der Waals surface area contributed by atoms with Crippen LogP contribution >= 0.6 is 0 Å². The lowest BCUT2D eigenvalue weighted by Gasteiger charge is -2.18. The number of methoxy groups -OCH3 is 1. The largest absolute Gasteiger partial charge is 0.497 e. The van der Waals surface area contributed by atoms with Crippen LogP contribution in [0.1, 0.15) is 32.8 Å². The quantitative estimate of drug-likeness (QED) is 0.468. The van der Waals surface area contributed by atoms with E-state index in [9.17, 15) is 9.59 Å². The molecule has 0 radical (unpaired) electrons. The molecule has 0 spiro atoms. The predicted octanol–water partition coefficient (Wildman–Crippen LogP) is 3.89. The van der Waals surface area contributed by atoms with Crippen LogP contribution in [0.5, 0.6) is 17.2 Å². The van der Waals surface area contributed by atoms with Crippen LogP contribution in [-0.2, 0) is 15.0 Å². The van der Waals surface area contributed by atoms with Crippen LogP contribution in [0.15, 0.2) is 48.5 Å². The molecule has 0 aliphatic heterocycles. The van der Waals surface area contributed by atoms with Crippen LogP contribution in [0.4, 0.5) is 0 Å². The van der Waals surface area contributed by atoms with E-state index in [-0.39, 0.29) is 5.41 Å². The van der Waals surface area contributed by atoms with Gasteiger partial charge in [-0.25, -0.2) is 0 Å². The molecule has 2 rings (SSSR count). The topological polar surface area (TPSA) is 61.8 Å². The normalized spacial score (nSPS) is 10.9. The molecule has 0 aliphatic rings. The van der Waals surface area contributed by atoms with Gasteiger partial charge in [0.2, 0.25) is 0 Å². The van der Waals surface area contributed by atoms with Gasteiger partial charge in [-0.1, -0.05) is 32.9 Å².